The standard InChI is InChI=1S/C18H20ClFN2O3/c1-24-16-10-15(17(25-2)9-13(16)19)22-18(23)11-21-8-7-12-5-3-4-6-14(12)20/h3-6,9-10,21H,7-8,11H2,1-2H3,(H,22,23). The number of amides is 1. The van der Waals surface area contributed by atoms with Gasteiger partial charge in [0.05, 0.1) is 31.5 Å². The second-order valence-electron chi connectivity index (χ2n) is 5.25. The summed E-state index contributed by atoms with van der Waals surface area (Å²) in [5.74, 6) is 0.374. The normalized spacial score (nSPS) is 10.4. The van der Waals surface area contributed by atoms with Gasteiger partial charge in [-0.3, -0.25) is 4.79 Å². The van der Waals surface area contributed by atoms with Gasteiger partial charge in [0.15, 0.2) is 0 Å². The first kappa shape index (κ1) is 19.0. The van der Waals surface area contributed by atoms with E-state index in [1.807, 2.05) is 0 Å². The lowest BCUT2D eigenvalue weighted by Gasteiger charge is -2.13. The number of carbonyl (C=O) groups is 1. The Balaban J connectivity index is 1.87. The molecule has 0 aliphatic heterocycles. The number of ether oxygens (including phenoxy) is 2. The van der Waals surface area contributed by atoms with Gasteiger partial charge in [-0.05, 0) is 24.6 Å². The van der Waals surface area contributed by atoms with Crippen LogP contribution in [0.2, 0.25) is 5.02 Å². The molecular formula is C18H20ClFN2O3. The maximum atomic E-state index is 13.5. The van der Waals surface area contributed by atoms with Crippen molar-refractivity contribution in [1.82, 2.24) is 5.32 Å². The zero-order chi connectivity index (χ0) is 18.2. The van der Waals surface area contributed by atoms with Gasteiger partial charge in [0.1, 0.15) is 17.3 Å². The van der Waals surface area contributed by atoms with Crippen LogP contribution in [0.25, 0.3) is 0 Å². The number of methoxy groups -OCH3 is 2. The van der Waals surface area contributed by atoms with Gasteiger partial charge in [-0.15, -0.1) is 0 Å². The Morgan fingerprint density at radius 1 is 1.16 bits per heavy atom. The first-order chi connectivity index (χ1) is 12.0. The summed E-state index contributed by atoms with van der Waals surface area (Å²) in [7, 11) is 2.98. The highest BCUT2D eigenvalue weighted by Crippen LogP contribution is 2.35. The van der Waals surface area contributed by atoms with E-state index in [1.54, 1.807) is 30.3 Å². The molecule has 0 spiro atoms. The number of halogens is 2. The molecule has 0 fully saturated rings. The van der Waals surface area contributed by atoms with Crippen molar-refractivity contribution >= 4 is 23.2 Å². The minimum absolute atomic E-state index is 0.0859. The van der Waals surface area contributed by atoms with Crippen molar-refractivity contribution in [1.29, 1.82) is 0 Å². The fourth-order valence-electron chi connectivity index (χ4n) is 2.28. The molecule has 1 amide bonds. The lowest BCUT2D eigenvalue weighted by atomic mass is 10.1. The fourth-order valence-corrected chi connectivity index (χ4v) is 2.51. The first-order valence-electron chi connectivity index (χ1n) is 7.70. The Hall–Kier alpha value is -2.31. The number of carbonyl (C=O) groups excluding carboxylic acids is 1. The number of anilines is 1. The van der Waals surface area contributed by atoms with Crippen LogP contribution in [0.3, 0.4) is 0 Å². The van der Waals surface area contributed by atoms with Gasteiger partial charge in [-0.2, -0.15) is 0 Å². The van der Waals surface area contributed by atoms with E-state index < -0.39 is 0 Å². The van der Waals surface area contributed by atoms with Crippen LogP contribution in [0.5, 0.6) is 11.5 Å². The van der Waals surface area contributed by atoms with E-state index in [1.165, 1.54) is 20.3 Å². The van der Waals surface area contributed by atoms with Crippen LogP contribution in [0.15, 0.2) is 36.4 Å². The number of hydrogen-bond acceptors (Lipinski definition) is 4. The molecule has 2 aromatic carbocycles. The van der Waals surface area contributed by atoms with Crippen LogP contribution in [0.1, 0.15) is 5.56 Å². The lowest BCUT2D eigenvalue weighted by Crippen LogP contribution is -2.29. The third-order valence-corrected chi connectivity index (χ3v) is 3.86. The molecule has 0 radical (unpaired) electrons. The van der Waals surface area contributed by atoms with Crippen molar-refractivity contribution in [2.75, 3.05) is 32.6 Å². The summed E-state index contributed by atoms with van der Waals surface area (Å²) in [5, 5.41) is 6.11. The average Bonchev–Trinajstić information content (AvgIpc) is 2.61. The zero-order valence-corrected chi connectivity index (χ0v) is 14.8. The van der Waals surface area contributed by atoms with E-state index >= 15 is 0 Å². The minimum Gasteiger partial charge on any atom is -0.495 e. The number of benzene rings is 2. The summed E-state index contributed by atoms with van der Waals surface area (Å²) in [4.78, 5) is 12.1. The third-order valence-electron chi connectivity index (χ3n) is 3.56. The van der Waals surface area contributed by atoms with E-state index in [2.05, 4.69) is 10.6 Å². The highest BCUT2D eigenvalue weighted by atomic mass is 35.5. The summed E-state index contributed by atoms with van der Waals surface area (Å²) >= 11 is 6.03. The van der Waals surface area contributed by atoms with Crippen LogP contribution >= 0.6 is 11.6 Å². The van der Waals surface area contributed by atoms with Crippen molar-refractivity contribution < 1.29 is 18.7 Å². The number of nitrogens with one attached hydrogen (secondary N) is 2. The molecule has 2 N–H and O–H groups in total. The maximum absolute atomic E-state index is 13.5. The highest BCUT2D eigenvalue weighted by Gasteiger charge is 2.12. The molecule has 2 aromatic rings. The van der Waals surface area contributed by atoms with Gasteiger partial charge in [0, 0.05) is 12.1 Å². The van der Waals surface area contributed by atoms with Gasteiger partial charge in [0.25, 0.3) is 0 Å². The highest BCUT2D eigenvalue weighted by molar-refractivity contribution is 6.32. The van der Waals surface area contributed by atoms with Crippen molar-refractivity contribution in [2.24, 2.45) is 0 Å². The van der Waals surface area contributed by atoms with E-state index in [0.717, 1.165) is 0 Å². The van der Waals surface area contributed by atoms with Gasteiger partial charge < -0.3 is 20.1 Å². The Kier molecular flexibility index (Phi) is 7.03. The Morgan fingerprint density at radius 3 is 2.56 bits per heavy atom. The predicted octanol–water partition coefficient (Wildman–Crippen LogP) is 3.27. The predicted molar refractivity (Wildman–Crippen MR) is 96.2 cm³/mol. The van der Waals surface area contributed by atoms with Crippen LogP contribution in [-0.4, -0.2) is 33.2 Å². The van der Waals surface area contributed by atoms with Crippen molar-refractivity contribution in [3.63, 3.8) is 0 Å². The molecule has 0 aliphatic carbocycles. The molecule has 2 rings (SSSR count). The summed E-state index contributed by atoms with van der Waals surface area (Å²) in [5.41, 5.74) is 1.07. The molecule has 5 nitrogen and oxygen atoms in total. The second-order valence-corrected chi connectivity index (χ2v) is 5.66. The van der Waals surface area contributed by atoms with E-state index in [9.17, 15) is 9.18 Å². The molecule has 0 atom stereocenters. The van der Waals surface area contributed by atoms with Gasteiger partial charge in [-0.25, -0.2) is 4.39 Å². The minimum atomic E-state index is -0.254. The molecule has 0 bridgehead atoms. The molecule has 0 saturated heterocycles. The number of hydrogen-bond donors (Lipinski definition) is 2. The largest absolute Gasteiger partial charge is 0.495 e. The smallest absolute Gasteiger partial charge is 0.238 e. The van der Waals surface area contributed by atoms with E-state index in [4.69, 9.17) is 21.1 Å². The molecule has 0 aromatic heterocycles. The van der Waals surface area contributed by atoms with Crippen molar-refractivity contribution in [3.8, 4) is 11.5 Å². The Morgan fingerprint density at radius 2 is 1.88 bits per heavy atom. The zero-order valence-electron chi connectivity index (χ0n) is 14.1. The first-order valence-corrected chi connectivity index (χ1v) is 8.08. The molecular weight excluding hydrogens is 347 g/mol. The summed E-state index contributed by atoms with van der Waals surface area (Å²) in [6, 6.07) is 9.74. The summed E-state index contributed by atoms with van der Waals surface area (Å²) < 4.78 is 23.8. The van der Waals surface area contributed by atoms with Crippen LogP contribution in [0, 0.1) is 5.82 Å². The van der Waals surface area contributed by atoms with Gasteiger partial charge in [-0.1, -0.05) is 29.8 Å². The van der Waals surface area contributed by atoms with Gasteiger partial charge >= 0.3 is 0 Å². The Labute approximate surface area is 151 Å². The Bertz CT molecular complexity index is 740. The summed E-state index contributed by atoms with van der Waals surface area (Å²) in [6.45, 7) is 0.567. The molecule has 0 heterocycles. The molecule has 0 saturated carbocycles. The second kappa shape index (κ2) is 9.25. The van der Waals surface area contributed by atoms with Crippen LogP contribution < -0.4 is 20.1 Å². The van der Waals surface area contributed by atoms with Crippen molar-refractivity contribution in [3.05, 3.63) is 52.8 Å². The lowest BCUT2D eigenvalue weighted by molar-refractivity contribution is -0.115. The number of rotatable bonds is 8. The quantitative estimate of drug-likeness (QED) is 0.704. The van der Waals surface area contributed by atoms with Crippen molar-refractivity contribution in [2.45, 2.75) is 6.42 Å². The van der Waals surface area contributed by atoms with E-state index in [0.29, 0.717) is 40.7 Å². The fraction of sp³-hybridized carbons (Fsp3) is 0.278. The SMILES string of the molecule is COc1cc(NC(=O)CNCCc2ccccc2F)c(OC)cc1Cl. The molecule has 0 unspecified atom stereocenters. The van der Waals surface area contributed by atoms with Crippen LogP contribution in [0.4, 0.5) is 10.1 Å². The van der Waals surface area contributed by atoms with Crippen LogP contribution in [-0.2, 0) is 11.2 Å². The van der Waals surface area contributed by atoms with Gasteiger partial charge in [0.2, 0.25) is 5.91 Å². The summed E-state index contributed by atoms with van der Waals surface area (Å²) in [6.07, 6.45) is 0.498. The maximum Gasteiger partial charge on any atom is 0.238 e. The van der Waals surface area contributed by atoms with E-state index in [-0.39, 0.29) is 18.3 Å². The average molecular weight is 367 g/mol. The molecule has 25 heavy (non-hydrogen) atoms. The third kappa shape index (κ3) is 5.34. The monoisotopic (exact) mass is 366 g/mol. The topological polar surface area (TPSA) is 59.6 Å². The molecule has 7 heteroatoms. The molecule has 134 valence electrons. The molecule has 0 aliphatic rings.